The minimum absolute atomic E-state index is 0.0452. The molecule has 3 heterocycles. The standard InChI is InChI=1S/C40H44ClN3O5S.C2HF3O2/c41-30-11-5-26(6-12-30)27-7-15-35(16-8-27)49-37-19-20-43(39(25-37)40(45)44-32-13-14-33(44)24-31(42)23-32)50(46,47)38-18-10-28-21-36(17-9-29(28)22-38)48-34-3-1-2-4-34;3-2(4,5)1(6)7/h5-12,15-18,21-22,31-34,37,39H,1-4,13-14,19-20,23-25,42H2;(H,6,7)/t31?,32?,33?,37-,39+;/m1./s1. The molecule has 8 rings (SSSR count). The molecular weight excluding hydrogens is 783 g/mol. The van der Waals surface area contributed by atoms with Crippen LogP contribution in [-0.2, 0) is 19.6 Å². The molecule has 4 aliphatic rings. The van der Waals surface area contributed by atoms with Gasteiger partial charge in [0.2, 0.25) is 15.9 Å². The first-order valence-electron chi connectivity index (χ1n) is 19.3. The van der Waals surface area contributed by atoms with E-state index in [9.17, 15) is 26.4 Å². The summed E-state index contributed by atoms with van der Waals surface area (Å²) < 4.78 is 74.8. The average Bonchev–Trinajstić information content (AvgIpc) is 3.79. The van der Waals surface area contributed by atoms with Crippen molar-refractivity contribution in [3.63, 3.8) is 0 Å². The van der Waals surface area contributed by atoms with Gasteiger partial charge >= 0.3 is 12.1 Å². The predicted octanol–water partition coefficient (Wildman–Crippen LogP) is 8.20. The number of piperidine rings is 2. The van der Waals surface area contributed by atoms with Crippen LogP contribution in [0.4, 0.5) is 13.2 Å². The number of carbonyl (C=O) groups is 2. The molecule has 3 saturated heterocycles. The first kappa shape index (κ1) is 40.8. The number of carboxylic acids is 1. The first-order chi connectivity index (χ1) is 27.2. The number of sulfonamides is 1. The van der Waals surface area contributed by atoms with Gasteiger partial charge in [-0.05, 0) is 128 Å². The lowest BCUT2D eigenvalue weighted by molar-refractivity contribution is -0.192. The molecule has 57 heavy (non-hydrogen) atoms. The smallest absolute Gasteiger partial charge is 0.490 e. The van der Waals surface area contributed by atoms with Gasteiger partial charge in [0.15, 0.2) is 0 Å². The number of benzene rings is 4. The molecule has 2 unspecified atom stereocenters. The molecule has 4 aromatic carbocycles. The van der Waals surface area contributed by atoms with Gasteiger partial charge in [0, 0.05) is 36.1 Å². The second-order valence-electron chi connectivity index (χ2n) is 15.3. The number of hydrogen-bond donors (Lipinski definition) is 2. The van der Waals surface area contributed by atoms with Crippen LogP contribution in [0.5, 0.6) is 11.5 Å². The van der Waals surface area contributed by atoms with E-state index in [-0.39, 0.29) is 54.1 Å². The van der Waals surface area contributed by atoms with Crippen molar-refractivity contribution in [2.24, 2.45) is 5.73 Å². The maximum absolute atomic E-state index is 14.5. The van der Waals surface area contributed by atoms with E-state index in [4.69, 9.17) is 36.7 Å². The van der Waals surface area contributed by atoms with E-state index in [0.717, 1.165) is 66.2 Å². The molecule has 1 saturated carbocycles. The van der Waals surface area contributed by atoms with Crippen LogP contribution < -0.4 is 15.2 Å². The van der Waals surface area contributed by atoms with Gasteiger partial charge in [-0.1, -0.05) is 48.0 Å². The van der Waals surface area contributed by atoms with Crippen molar-refractivity contribution in [3.05, 3.63) is 90.0 Å². The van der Waals surface area contributed by atoms with Crippen molar-refractivity contribution in [3.8, 4) is 22.6 Å². The van der Waals surface area contributed by atoms with Gasteiger partial charge < -0.3 is 25.2 Å². The third-order valence-corrected chi connectivity index (χ3v) is 13.5. The zero-order valence-corrected chi connectivity index (χ0v) is 32.7. The Kier molecular flexibility index (Phi) is 12.1. The summed E-state index contributed by atoms with van der Waals surface area (Å²) in [5.41, 5.74) is 8.43. The summed E-state index contributed by atoms with van der Waals surface area (Å²) in [6, 6.07) is 25.9. The number of nitrogens with zero attached hydrogens (tertiary/aromatic N) is 2. The summed E-state index contributed by atoms with van der Waals surface area (Å²) in [4.78, 5) is 25.6. The van der Waals surface area contributed by atoms with Gasteiger partial charge in [-0.15, -0.1) is 0 Å². The van der Waals surface area contributed by atoms with Gasteiger partial charge in [0.05, 0.1) is 11.0 Å². The molecule has 4 atom stereocenters. The average molecular weight is 828 g/mol. The molecule has 4 aromatic rings. The van der Waals surface area contributed by atoms with Crippen molar-refractivity contribution in [2.45, 2.75) is 112 Å². The normalized spacial score (nSPS) is 24.2. The molecule has 3 N–H and O–H groups in total. The van der Waals surface area contributed by atoms with Gasteiger partial charge in [0.25, 0.3) is 0 Å². The zero-order valence-electron chi connectivity index (χ0n) is 31.1. The summed E-state index contributed by atoms with van der Waals surface area (Å²) in [6.45, 7) is 0.182. The molecule has 304 valence electrons. The van der Waals surface area contributed by atoms with Crippen molar-refractivity contribution in [1.29, 1.82) is 0 Å². The Bertz CT molecular complexity index is 2170. The quantitative estimate of drug-likeness (QED) is 0.181. The van der Waals surface area contributed by atoms with Crippen LogP contribution in [-0.4, -0.2) is 83.7 Å². The van der Waals surface area contributed by atoms with E-state index in [1.54, 1.807) is 12.1 Å². The highest BCUT2D eigenvalue weighted by Crippen LogP contribution is 2.39. The molecule has 0 radical (unpaired) electrons. The number of fused-ring (bicyclic) bond motifs is 3. The predicted molar refractivity (Wildman–Crippen MR) is 210 cm³/mol. The minimum Gasteiger partial charge on any atom is -0.490 e. The van der Waals surface area contributed by atoms with Crippen molar-refractivity contribution < 1.29 is 45.8 Å². The SMILES string of the molecule is NC1CC2CCC(C1)N2C(=O)[C@@H]1C[C@H](Oc2ccc(-c3ccc(Cl)cc3)cc2)CCN1S(=O)(=O)c1ccc2cc(OC3CCCC3)ccc2c1.O=C(O)C(F)(F)F. The van der Waals surface area contributed by atoms with E-state index < -0.39 is 28.2 Å². The molecule has 1 aliphatic carbocycles. The number of aliphatic carboxylic acids is 1. The molecule has 0 spiro atoms. The maximum atomic E-state index is 14.5. The van der Waals surface area contributed by atoms with Gasteiger partial charge in [-0.25, -0.2) is 13.2 Å². The molecular formula is C42H45ClF3N3O7S. The fraction of sp³-hybridized carbons (Fsp3) is 0.429. The molecule has 2 bridgehead atoms. The minimum atomic E-state index is -5.08. The summed E-state index contributed by atoms with van der Waals surface area (Å²) in [6.07, 6.45) is 3.40. The lowest BCUT2D eigenvalue weighted by Gasteiger charge is -2.44. The largest absolute Gasteiger partial charge is 0.490 e. The zero-order chi connectivity index (χ0) is 40.5. The highest BCUT2D eigenvalue weighted by Gasteiger charge is 2.49. The number of carboxylic acid groups (broad SMARTS) is 1. The number of ether oxygens (including phenoxy) is 2. The number of amides is 1. The first-order valence-corrected chi connectivity index (χ1v) is 21.1. The van der Waals surface area contributed by atoms with Crippen LogP contribution in [0.15, 0.2) is 89.8 Å². The molecule has 3 aliphatic heterocycles. The molecule has 4 fully saturated rings. The molecule has 0 aromatic heterocycles. The number of nitrogens with two attached hydrogens (primary N) is 1. The lowest BCUT2D eigenvalue weighted by atomic mass is 9.94. The van der Waals surface area contributed by atoms with Gasteiger partial charge in [0.1, 0.15) is 23.6 Å². The van der Waals surface area contributed by atoms with E-state index in [0.29, 0.717) is 17.2 Å². The van der Waals surface area contributed by atoms with Crippen LogP contribution in [0.1, 0.15) is 64.2 Å². The molecule has 15 heteroatoms. The Morgan fingerprint density at radius 2 is 1.28 bits per heavy atom. The van der Waals surface area contributed by atoms with E-state index in [1.165, 1.54) is 17.1 Å². The monoisotopic (exact) mass is 827 g/mol. The summed E-state index contributed by atoms with van der Waals surface area (Å²) in [5.74, 6) is -1.39. The van der Waals surface area contributed by atoms with Crippen LogP contribution in [0.25, 0.3) is 21.9 Å². The number of rotatable bonds is 8. The summed E-state index contributed by atoms with van der Waals surface area (Å²) in [7, 11) is -4.01. The molecule has 1 amide bonds. The third kappa shape index (κ3) is 9.35. The number of alkyl halides is 3. The topological polar surface area (TPSA) is 139 Å². The molecule has 10 nitrogen and oxygen atoms in total. The highest BCUT2D eigenvalue weighted by atomic mass is 35.5. The maximum Gasteiger partial charge on any atom is 0.490 e. The summed E-state index contributed by atoms with van der Waals surface area (Å²) >= 11 is 6.07. The third-order valence-electron chi connectivity index (χ3n) is 11.4. The Hall–Kier alpha value is -4.37. The van der Waals surface area contributed by atoms with Crippen LogP contribution >= 0.6 is 11.6 Å². The highest BCUT2D eigenvalue weighted by molar-refractivity contribution is 7.89. The fourth-order valence-electron chi connectivity index (χ4n) is 8.61. The Morgan fingerprint density at radius 1 is 0.737 bits per heavy atom. The van der Waals surface area contributed by atoms with Crippen LogP contribution in [0.2, 0.25) is 5.02 Å². The Morgan fingerprint density at radius 3 is 1.89 bits per heavy atom. The second-order valence-corrected chi connectivity index (χ2v) is 17.6. The van der Waals surface area contributed by atoms with Crippen LogP contribution in [0.3, 0.4) is 0 Å². The fourth-order valence-corrected chi connectivity index (χ4v) is 10.4. The van der Waals surface area contributed by atoms with E-state index in [1.807, 2.05) is 77.7 Å². The van der Waals surface area contributed by atoms with Crippen LogP contribution in [0, 0.1) is 0 Å². The Labute approximate surface area is 334 Å². The Balaban J connectivity index is 0.000000651. The lowest BCUT2D eigenvalue weighted by Crippen LogP contribution is -2.60. The number of hydrogen-bond acceptors (Lipinski definition) is 7. The number of halogens is 4. The number of carbonyl (C=O) groups excluding carboxylic acids is 1. The van der Waals surface area contributed by atoms with E-state index in [2.05, 4.69) is 0 Å². The second kappa shape index (κ2) is 16.8. The van der Waals surface area contributed by atoms with E-state index >= 15 is 0 Å². The van der Waals surface area contributed by atoms with Crippen molar-refractivity contribution in [2.75, 3.05) is 6.54 Å². The summed E-state index contributed by atoms with van der Waals surface area (Å²) in [5, 5.41) is 9.55. The van der Waals surface area contributed by atoms with Gasteiger partial charge in [-0.2, -0.15) is 17.5 Å². The van der Waals surface area contributed by atoms with Crippen molar-refractivity contribution in [1.82, 2.24) is 9.21 Å². The van der Waals surface area contributed by atoms with Gasteiger partial charge in [-0.3, -0.25) is 4.79 Å². The van der Waals surface area contributed by atoms with Crippen molar-refractivity contribution >= 4 is 44.3 Å².